The lowest BCUT2D eigenvalue weighted by Gasteiger charge is -2.32. The van der Waals surface area contributed by atoms with Crippen LogP contribution in [0.25, 0.3) is 0 Å². The van der Waals surface area contributed by atoms with Gasteiger partial charge < -0.3 is 15.3 Å². The van der Waals surface area contributed by atoms with Crippen molar-refractivity contribution in [3.05, 3.63) is 64.2 Å². The lowest BCUT2D eigenvalue weighted by atomic mass is 9.97. The van der Waals surface area contributed by atoms with E-state index < -0.39 is 29.4 Å². The van der Waals surface area contributed by atoms with Gasteiger partial charge in [0, 0.05) is 34.9 Å². The highest BCUT2D eigenvalue weighted by atomic mass is 35.5. The minimum Gasteiger partial charge on any atom is -0.393 e. The fourth-order valence-electron chi connectivity index (χ4n) is 3.22. The molecule has 3 rings (SSSR count). The Kier molecular flexibility index (Phi) is 6.19. The van der Waals surface area contributed by atoms with Gasteiger partial charge in [-0.15, -0.1) is 0 Å². The number of alkyl halides is 2. The van der Waals surface area contributed by atoms with Crippen molar-refractivity contribution in [1.29, 1.82) is 0 Å². The molecule has 8 heteroatoms. The average molecular weight is 423 g/mol. The molecule has 2 aromatic carbocycles. The zero-order valence-electron chi connectivity index (χ0n) is 15.8. The molecule has 154 valence electrons. The fourth-order valence-corrected chi connectivity index (χ4v) is 3.35. The van der Waals surface area contributed by atoms with E-state index in [1.54, 1.807) is 24.3 Å². The highest BCUT2D eigenvalue weighted by molar-refractivity contribution is 6.30. The normalized spacial score (nSPS) is 15.3. The van der Waals surface area contributed by atoms with E-state index in [9.17, 15) is 14.7 Å². The summed E-state index contributed by atoms with van der Waals surface area (Å²) < 4.78 is 30.0. The average Bonchev–Trinajstić information content (AvgIpc) is 2.70. The quantitative estimate of drug-likeness (QED) is 0.783. The Hall–Kier alpha value is -2.51. The van der Waals surface area contributed by atoms with Crippen molar-refractivity contribution in [2.24, 2.45) is 0 Å². The van der Waals surface area contributed by atoms with Gasteiger partial charge in [-0.3, -0.25) is 9.59 Å². The first-order valence-corrected chi connectivity index (χ1v) is 9.59. The SMILES string of the molecule is Cc1ccc(C(=O)Nc2ccc(Cl)cc2)cc1C(F)(F)C(=O)N1CCC(O)CC1. The summed E-state index contributed by atoms with van der Waals surface area (Å²) in [4.78, 5) is 26.0. The van der Waals surface area contributed by atoms with E-state index in [1.165, 1.54) is 19.1 Å². The van der Waals surface area contributed by atoms with Gasteiger partial charge in [-0.05, 0) is 61.7 Å². The van der Waals surface area contributed by atoms with E-state index in [0.29, 0.717) is 10.7 Å². The van der Waals surface area contributed by atoms with Crippen LogP contribution in [0.1, 0.15) is 34.3 Å². The molecule has 1 fully saturated rings. The van der Waals surface area contributed by atoms with Crippen molar-refractivity contribution in [2.45, 2.75) is 31.8 Å². The summed E-state index contributed by atoms with van der Waals surface area (Å²) in [6, 6.07) is 10.3. The van der Waals surface area contributed by atoms with Crippen LogP contribution in [0.5, 0.6) is 0 Å². The Balaban J connectivity index is 1.82. The molecule has 0 saturated carbocycles. The number of amides is 2. The predicted molar refractivity (Wildman–Crippen MR) is 106 cm³/mol. The molecule has 29 heavy (non-hydrogen) atoms. The number of rotatable bonds is 4. The Labute approximate surface area is 172 Å². The van der Waals surface area contributed by atoms with E-state index in [4.69, 9.17) is 11.6 Å². The van der Waals surface area contributed by atoms with Crippen molar-refractivity contribution in [2.75, 3.05) is 18.4 Å². The molecule has 0 aromatic heterocycles. The van der Waals surface area contributed by atoms with Gasteiger partial charge in [0.15, 0.2) is 0 Å². The predicted octanol–water partition coefficient (Wildman–Crippen LogP) is 3.98. The fraction of sp³-hybridized carbons (Fsp3) is 0.333. The van der Waals surface area contributed by atoms with E-state index >= 15 is 8.78 Å². The molecule has 1 heterocycles. The summed E-state index contributed by atoms with van der Waals surface area (Å²) in [6.45, 7) is 1.62. The Morgan fingerprint density at radius 1 is 1.14 bits per heavy atom. The Bertz CT molecular complexity index is 911. The lowest BCUT2D eigenvalue weighted by molar-refractivity contribution is -0.161. The monoisotopic (exact) mass is 422 g/mol. The number of piperidine rings is 1. The van der Waals surface area contributed by atoms with Crippen LogP contribution in [0.2, 0.25) is 5.02 Å². The van der Waals surface area contributed by atoms with E-state index in [2.05, 4.69) is 5.32 Å². The van der Waals surface area contributed by atoms with Gasteiger partial charge in [-0.2, -0.15) is 8.78 Å². The number of aliphatic hydroxyl groups is 1. The van der Waals surface area contributed by atoms with Crippen LogP contribution in [-0.2, 0) is 10.7 Å². The number of nitrogens with one attached hydrogen (secondary N) is 1. The molecule has 1 aliphatic rings. The first-order valence-electron chi connectivity index (χ1n) is 9.22. The van der Waals surface area contributed by atoms with Crippen molar-refractivity contribution in [3.8, 4) is 0 Å². The smallest absolute Gasteiger partial charge is 0.350 e. The number of likely N-dealkylation sites (tertiary alicyclic amines) is 1. The second-order valence-electron chi connectivity index (χ2n) is 7.09. The molecule has 0 unspecified atom stereocenters. The summed E-state index contributed by atoms with van der Waals surface area (Å²) in [7, 11) is 0. The standard InChI is InChI=1S/C21H21ClF2N2O3/c1-13-2-3-14(19(28)25-16-6-4-15(22)5-7-16)12-18(13)21(23,24)20(29)26-10-8-17(27)9-11-26/h2-7,12,17,27H,8-11H2,1H3,(H,25,28). The summed E-state index contributed by atoms with van der Waals surface area (Å²) in [5.74, 6) is -5.66. The van der Waals surface area contributed by atoms with Crippen molar-refractivity contribution >= 4 is 29.1 Å². The van der Waals surface area contributed by atoms with Crippen LogP contribution in [0.15, 0.2) is 42.5 Å². The van der Waals surface area contributed by atoms with Crippen molar-refractivity contribution in [3.63, 3.8) is 0 Å². The number of carbonyl (C=O) groups is 2. The van der Waals surface area contributed by atoms with Crippen LogP contribution in [-0.4, -0.2) is 41.0 Å². The van der Waals surface area contributed by atoms with Gasteiger partial charge in [0.25, 0.3) is 11.8 Å². The van der Waals surface area contributed by atoms with Crippen LogP contribution in [0.3, 0.4) is 0 Å². The van der Waals surface area contributed by atoms with Gasteiger partial charge >= 0.3 is 5.92 Å². The number of aliphatic hydroxyl groups excluding tert-OH is 1. The molecule has 2 N–H and O–H groups in total. The third-order valence-electron chi connectivity index (χ3n) is 4.96. The highest BCUT2D eigenvalue weighted by Gasteiger charge is 2.45. The first-order chi connectivity index (χ1) is 13.7. The largest absolute Gasteiger partial charge is 0.393 e. The maximum atomic E-state index is 15.0. The maximum absolute atomic E-state index is 15.0. The molecule has 0 atom stereocenters. The summed E-state index contributed by atoms with van der Waals surface area (Å²) in [5.41, 5.74) is 0.194. The molecular weight excluding hydrogens is 402 g/mol. The number of nitrogens with zero attached hydrogens (tertiary/aromatic N) is 1. The lowest BCUT2D eigenvalue weighted by Crippen LogP contribution is -2.47. The molecule has 2 amide bonds. The van der Waals surface area contributed by atoms with Gasteiger partial charge in [-0.1, -0.05) is 17.7 Å². The van der Waals surface area contributed by atoms with Gasteiger partial charge in [0.05, 0.1) is 6.10 Å². The first kappa shape index (κ1) is 21.2. The second-order valence-corrected chi connectivity index (χ2v) is 7.52. The number of benzene rings is 2. The zero-order chi connectivity index (χ0) is 21.2. The van der Waals surface area contributed by atoms with Crippen molar-refractivity contribution in [1.82, 2.24) is 4.90 Å². The minimum absolute atomic E-state index is 0.0158. The highest BCUT2D eigenvalue weighted by Crippen LogP contribution is 2.34. The molecule has 0 aliphatic carbocycles. The third kappa shape index (κ3) is 4.74. The minimum atomic E-state index is -3.77. The van der Waals surface area contributed by atoms with Gasteiger partial charge in [0.1, 0.15) is 0 Å². The summed E-state index contributed by atoms with van der Waals surface area (Å²) in [5, 5.41) is 12.6. The topological polar surface area (TPSA) is 69.6 Å². The van der Waals surface area contributed by atoms with Crippen LogP contribution in [0.4, 0.5) is 14.5 Å². The molecule has 0 radical (unpaired) electrons. The van der Waals surface area contributed by atoms with E-state index in [-0.39, 0.29) is 37.1 Å². The number of aryl methyl sites for hydroxylation is 1. The number of anilines is 1. The van der Waals surface area contributed by atoms with Crippen LogP contribution < -0.4 is 5.32 Å². The molecule has 1 saturated heterocycles. The second kappa shape index (κ2) is 8.47. The summed E-state index contributed by atoms with van der Waals surface area (Å²) in [6.07, 6.45) is -0.0383. The Morgan fingerprint density at radius 2 is 1.76 bits per heavy atom. The molecule has 0 bridgehead atoms. The third-order valence-corrected chi connectivity index (χ3v) is 5.21. The number of hydrogen-bond acceptors (Lipinski definition) is 3. The van der Waals surface area contributed by atoms with Gasteiger partial charge in [0.2, 0.25) is 0 Å². The molecule has 1 aliphatic heterocycles. The number of carbonyl (C=O) groups excluding carboxylic acids is 2. The molecular formula is C21H21ClF2N2O3. The molecule has 0 spiro atoms. The van der Waals surface area contributed by atoms with Crippen LogP contribution >= 0.6 is 11.6 Å². The summed E-state index contributed by atoms with van der Waals surface area (Å²) >= 11 is 5.81. The van der Waals surface area contributed by atoms with E-state index in [0.717, 1.165) is 11.0 Å². The van der Waals surface area contributed by atoms with Crippen molar-refractivity contribution < 1.29 is 23.5 Å². The number of halogens is 3. The van der Waals surface area contributed by atoms with Crippen LogP contribution in [0, 0.1) is 6.92 Å². The molecule has 5 nitrogen and oxygen atoms in total. The van der Waals surface area contributed by atoms with Gasteiger partial charge in [-0.25, -0.2) is 0 Å². The zero-order valence-corrected chi connectivity index (χ0v) is 16.5. The maximum Gasteiger partial charge on any atom is 0.350 e. The van der Waals surface area contributed by atoms with E-state index in [1.807, 2.05) is 0 Å². The number of hydrogen-bond donors (Lipinski definition) is 2. The molecule has 2 aromatic rings. The Morgan fingerprint density at radius 3 is 2.38 bits per heavy atom.